The second-order valence-electron chi connectivity index (χ2n) is 4.01. The Labute approximate surface area is 119 Å². The molecule has 7 nitrogen and oxygen atoms in total. The average molecular weight is 298 g/mol. The minimum absolute atomic E-state index is 0.147. The molecular formula is C12H12ClN3O4. The van der Waals surface area contributed by atoms with Crippen LogP contribution in [0.4, 0.5) is 0 Å². The van der Waals surface area contributed by atoms with Crippen LogP contribution in [0.25, 0.3) is 11.4 Å². The van der Waals surface area contributed by atoms with E-state index in [0.717, 1.165) is 0 Å². The monoisotopic (exact) mass is 297 g/mol. The molecule has 0 spiro atoms. The summed E-state index contributed by atoms with van der Waals surface area (Å²) >= 11 is 6.32. The van der Waals surface area contributed by atoms with E-state index >= 15 is 0 Å². The maximum absolute atomic E-state index is 6.32. The zero-order chi connectivity index (χ0) is 14.1. The molecule has 20 heavy (non-hydrogen) atoms. The number of nitrogens with zero attached hydrogens (tertiary/aromatic N) is 2. The molecule has 2 N–H and O–H groups in total. The van der Waals surface area contributed by atoms with Gasteiger partial charge in [-0.15, -0.1) is 0 Å². The molecule has 1 aromatic heterocycles. The van der Waals surface area contributed by atoms with Crippen molar-refractivity contribution in [1.82, 2.24) is 10.1 Å². The van der Waals surface area contributed by atoms with Crippen molar-refractivity contribution >= 4 is 11.6 Å². The summed E-state index contributed by atoms with van der Waals surface area (Å²) in [6.07, 6.45) is 0. The first-order valence-corrected chi connectivity index (χ1v) is 6.31. The van der Waals surface area contributed by atoms with Crippen LogP contribution >= 0.6 is 11.6 Å². The first-order chi connectivity index (χ1) is 9.74. The molecule has 106 valence electrons. The van der Waals surface area contributed by atoms with Crippen molar-refractivity contribution in [2.75, 3.05) is 20.3 Å². The molecule has 2 aromatic rings. The molecule has 8 heteroatoms. The lowest BCUT2D eigenvalue weighted by atomic mass is 10.1. The number of halogens is 1. The quantitative estimate of drug-likeness (QED) is 0.920. The molecule has 0 atom stereocenters. The van der Waals surface area contributed by atoms with Crippen molar-refractivity contribution < 1.29 is 18.7 Å². The molecule has 3 rings (SSSR count). The standard InChI is InChI=1S/C12H12ClN3O4/c1-17-6-4-7-11(19-3-2-18-7)9(10(6)13)12-15-8(5-14)20-16-12/h4H,2-3,5,14H2,1H3. The fourth-order valence-electron chi connectivity index (χ4n) is 1.93. The van der Waals surface area contributed by atoms with E-state index in [0.29, 0.717) is 46.9 Å². The van der Waals surface area contributed by atoms with E-state index in [9.17, 15) is 0 Å². The molecule has 2 heterocycles. The van der Waals surface area contributed by atoms with Crippen molar-refractivity contribution in [3.63, 3.8) is 0 Å². The molecular weight excluding hydrogens is 286 g/mol. The lowest BCUT2D eigenvalue weighted by Gasteiger charge is -2.22. The zero-order valence-electron chi connectivity index (χ0n) is 10.7. The SMILES string of the molecule is COc1cc2c(c(-c3noc(CN)n3)c1Cl)OCCO2. The Balaban J connectivity index is 2.21. The van der Waals surface area contributed by atoms with Gasteiger partial charge in [-0.25, -0.2) is 0 Å². The third kappa shape index (κ3) is 2.04. The van der Waals surface area contributed by atoms with Crippen LogP contribution in [0.3, 0.4) is 0 Å². The first kappa shape index (κ1) is 13.0. The number of methoxy groups -OCH3 is 1. The summed E-state index contributed by atoms with van der Waals surface area (Å²) in [5, 5.41) is 4.19. The molecule has 0 aliphatic carbocycles. The number of nitrogens with two attached hydrogens (primary N) is 1. The van der Waals surface area contributed by atoms with Crippen molar-refractivity contribution in [3.05, 3.63) is 17.0 Å². The van der Waals surface area contributed by atoms with Gasteiger partial charge in [0.2, 0.25) is 11.7 Å². The second kappa shape index (κ2) is 5.18. The van der Waals surface area contributed by atoms with Gasteiger partial charge in [0.05, 0.1) is 24.2 Å². The van der Waals surface area contributed by atoms with Gasteiger partial charge in [-0.3, -0.25) is 0 Å². The summed E-state index contributed by atoms with van der Waals surface area (Å²) < 4.78 is 21.4. The first-order valence-electron chi connectivity index (χ1n) is 5.93. The van der Waals surface area contributed by atoms with E-state index in [2.05, 4.69) is 10.1 Å². The Hall–Kier alpha value is -1.99. The minimum Gasteiger partial charge on any atom is -0.495 e. The third-order valence-corrected chi connectivity index (χ3v) is 3.20. The van der Waals surface area contributed by atoms with Gasteiger partial charge in [-0.05, 0) is 0 Å². The van der Waals surface area contributed by atoms with Crippen LogP contribution in [-0.4, -0.2) is 30.5 Å². The summed E-state index contributed by atoms with van der Waals surface area (Å²) in [6.45, 7) is 1.02. The Bertz CT molecular complexity index is 644. The predicted molar refractivity (Wildman–Crippen MR) is 70.2 cm³/mol. The number of aromatic nitrogens is 2. The summed E-state index contributed by atoms with van der Waals surface area (Å²) in [7, 11) is 1.52. The number of hydrogen-bond donors (Lipinski definition) is 1. The Kier molecular flexibility index (Phi) is 3.37. The predicted octanol–water partition coefficient (Wildman–Crippen LogP) is 1.63. The summed E-state index contributed by atoms with van der Waals surface area (Å²) in [5.41, 5.74) is 5.94. The molecule has 0 fully saturated rings. The van der Waals surface area contributed by atoms with Crippen molar-refractivity contribution in [3.8, 4) is 28.6 Å². The summed E-state index contributed by atoms with van der Waals surface area (Å²) in [6, 6.07) is 1.67. The van der Waals surface area contributed by atoms with E-state index in [1.807, 2.05) is 0 Å². The molecule has 1 aromatic carbocycles. The van der Waals surface area contributed by atoms with Gasteiger partial charge in [0.1, 0.15) is 19.0 Å². The van der Waals surface area contributed by atoms with Gasteiger partial charge in [0, 0.05) is 6.07 Å². The lowest BCUT2D eigenvalue weighted by molar-refractivity contribution is 0.171. The van der Waals surface area contributed by atoms with Gasteiger partial charge in [-0.2, -0.15) is 4.98 Å². The highest BCUT2D eigenvalue weighted by Gasteiger charge is 2.26. The molecule has 1 aliphatic rings. The van der Waals surface area contributed by atoms with Gasteiger partial charge >= 0.3 is 0 Å². The van der Waals surface area contributed by atoms with Crippen LogP contribution in [0.1, 0.15) is 5.89 Å². The average Bonchev–Trinajstić information content (AvgIpc) is 2.95. The minimum atomic E-state index is 0.147. The Morgan fingerprint density at radius 2 is 2.20 bits per heavy atom. The van der Waals surface area contributed by atoms with E-state index < -0.39 is 0 Å². The topological polar surface area (TPSA) is 92.6 Å². The van der Waals surface area contributed by atoms with E-state index in [1.54, 1.807) is 6.07 Å². The van der Waals surface area contributed by atoms with Gasteiger partial charge in [0.25, 0.3) is 0 Å². The highest BCUT2D eigenvalue weighted by Crippen LogP contribution is 2.48. The van der Waals surface area contributed by atoms with Gasteiger partial charge < -0.3 is 24.5 Å². The van der Waals surface area contributed by atoms with Crippen LogP contribution < -0.4 is 19.9 Å². The molecule has 0 unspecified atom stereocenters. The largest absolute Gasteiger partial charge is 0.495 e. The van der Waals surface area contributed by atoms with E-state index in [-0.39, 0.29) is 12.4 Å². The number of fused-ring (bicyclic) bond motifs is 1. The Morgan fingerprint density at radius 1 is 1.40 bits per heavy atom. The number of rotatable bonds is 3. The Morgan fingerprint density at radius 3 is 2.90 bits per heavy atom. The smallest absolute Gasteiger partial charge is 0.240 e. The van der Waals surface area contributed by atoms with Crippen molar-refractivity contribution in [1.29, 1.82) is 0 Å². The zero-order valence-corrected chi connectivity index (χ0v) is 11.4. The summed E-state index contributed by atoms with van der Waals surface area (Å²) in [4.78, 5) is 4.17. The molecule has 0 saturated heterocycles. The normalized spacial score (nSPS) is 13.3. The van der Waals surface area contributed by atoms with Crippen molar-refractivity contribution in [2.24, 2.45) is 5.73 Å². The maximum atomic E-state index is 6.32. The second-order valence-corrected chi connectivity index (χ2v) is 4.39. The molecule has 0 amide bonds. The fourth-order valence-corrected chi connectivity index (χ4v) is 2.23. The summed E-state index contributed by atoms with van der Waals surface area (Å²) in [5.74, 6) is 2.06. The number of benzene rings is 1. The van der Waals surface area contributed by atoms with Crippen LogP contribution in [0.15, 0.2) is 10.6 Å². The van der Waals surface area contributed by atoms with Crippen LogP contribution in [0.2, 0.25) is 5.02 Å². The van der Waals surface area contributed by atoms with Crippen LogP contribution in [0.5, 0.6) is 17.2 Å². The molecule has 0 radical (unpaired) electrons. The van der Waals surface area contributed by atoms with Gasteiger partial charge in [0.15, 0.2) is 11.5 Å². The van der Waals surface area contributed by atoms with Crippen LogP contribution in [-0.2, 0) is 6.54 Å². The molecule has 0 bridgehead atoms. The highest BCUT2D eigenvalue weighted by molar-refractivity contribution is 6.35. The van der Waals surface area contributed by atoms with Crippen molar-refractivity contribution in [2.45, 2.75) is 6.54 Å². The highest BCUT2D eigenvalue weighted by atomic mass is 35.5. The van der Waals surface area contributed by atoms with E-state index in [4.69, 9.17) is 36.1 Å². The number of ether oxygens (including phenoxy) is 3. The lowest BCUT2D eigenvalue weighted by Crippen LogP contribution is -2.16. The van der Waals surface area contributed by atoms with Gasteiger partial charge in [-0.1, -0.05) is 16.8 Å². The maximum Gasteiger partial charge on any atom is 0.240 e. The number of hydrogen-bond acceptors (Lipinski definition) is 7. The third-order valence-electron chi connectivity index (χ3n) is 2.82. The molecule has 0 saturated carbocycles. The van der Waals surface area contributed by atoms with E-state index in [1.165, 1.54) is 7.11 Å². The van der Waals surface area contributed by atoms with Crippen LogP contribution in [0, 0.1) is 0 Å². The fraction of sp³-hybridized carbons (Fsp3) is 0.333. The molecule has 1 aliphatic heterocycles.